The van der Waals surface area contributed by atoms with Crippen LogP contribution in [0.3, 0.4) is 0 Å². The molecular formula is C19H29N7O. The molecule has 1 amide bonds. The lowest BCUT2D eigenvalue weighted by Gasteiger charge is -2.20. The number of fused-ring (bicyclic) bond motifs is 1. The number of pyridine rings is 1. The molecule has 3 heterocycles. The van der Waals surface area contributed by atoms with Gasteiger partial charge < -0.3 is 15.5 Å². The summed E-state index contributed by atoms with van der Waals surface area (Å²) in [6.45, 7) is 5.75. The van der Waals surface area contributed by atoms with E-state index in [2.05, 4.69) is 25.8 Å². The van der Waals surface area contributed by atoms with Crippen LogP contribution in [0.25, 0.3) is 5.65 Å². The normalized spacial score (nSPS) is 15.8. The van der Waals surface area contributed by atoms with Gasteiger partial charge in [-0.3, -0.25) is 9.20 Å². The molecule has 1 fully saturated rings. The average molecular weight is 371 g/mol. The van der Waals surface area contributed by atoms with E-state index in [9.17, 15) is 4.79 Å². The summed E-state index contributed by atoms with van der Waals surface area (Å²) >= 11 is 0. The summed E-state index contributed by atoms with van der Waals surface area (Å²) in [7, 11) is 0. The van der Waals surface area contributed by atoms with Gasteiger partial charge in [-0.1, -0.05) is 12.5 Å². The largest absolute Gasteiger partial charge is 0.357 e. The number of nitrogens with one attached hydrogen (secondary N) is 2. The third kappa shape index (κ3) is 5.42. The molecule has 0 atom stereocenters. The summed E-state index contributed by atoms with van der Waals surface area (Å²) in [6.07, 6.45) is 6.86. The third-order valence-corrected chi connectivity index (χ3v) is 4.68. The molecule has 1 saturated heterocycles. The number of nitrogens with zero attached hydrogens (tertiary/aromatic N) is 5. The molecule has 27 heavy (non-hydrogen) atoms. The maximum Gasteiger partial charge on any atom is 0.222 e. The molecule has 0 aromatic carbocycles. The first-order valence-electron chi connectivity index (χ1n) is 9.86. The summed E-state index contributed by atoms with van der Waals surface area (Å²) in [5.74, 6) is 1.86. The molecule has 0 bridgehead atoms. The highest BCUT2D eigenvalue weighted by Crippen LogP contribution is 2.11. The predicted molar refractivity (Wildman–Crippen MR) is 105 cm³/mol. The summed E-state index contributed by atoms with van der Waals surface area (Å²) in [6, 6.07) is 5.82. The molecule has 0 unspecified atom stereocenters. The number of amides is 1. The van der Waals surface area contributed by atoms with Crippen molar-refractivity contribution in [1.82, 2.24) is 30.1 Å². The summed E-state index contributed by atoms with van der Waals surface area (Å²) in [5, 5.41) is 15.0. The SMILES string of the molecule is CCNC(=NCc1nnc2ccccn12)NCCCN1CCCCCC1=O. The Balaban J connectivity index is 1.49. The van der Waals surface area contributed by atoms with Crippen molar-refractivity contribution in [2.24, 2.45) is 4.99 Å². The predicted octanol–water partition coefficient (Wildman–Crippen LogP) is 1.58. The van der Waals surface area contributed by atoms with Crippen molar-refractivity contribution in [2.45, 2.75) is 45.6 Å². The van der Waals surface area contributed by atoms with Gasteiger partial charge in [0, 0.05) is 38.8 Å². The fourth-order valence-electron chi connectivity index (χ4n) is 3.24. The van der Waals surface area contributed by atoms with Gasteiger partial charge in [-0.15, -0.1) is 10.2 Å². The van der Waals surface area contributed by atoms with Gasteiger partial charge in [0.25, 0.3) is 0 Å². The van der Waals surface area contributed by atoms with E-state index in [1.807, 2.05) is 40.6 Å². The first-order chi connectivity index (χ1) is 13.3. The summed E-state index contributed by atoms with van der Waals surface area (Å²) in [5.41, 5.74) is 0.822. The van der Waals surface area contributed by atoms with Crippen LogP contribution in [0.5, 0.6) is 0 Å². The van der Waals surface area contributed by atoms with E-state index in [1.54, 1.807) is 0 Å². The highest BCUT2D eigenvalue weighted by atomic mass is 16.2. The molecule has 0 radical (unpaired) electrons. The second-order valence-corrected chi connectivity index (χ2v) is 6.71. The van der Waals surface area contributed by atoms with Crippen LogP contribution in [0.15, 0.2) is 29.4 Å². The Morgan fingerprint density at radius 2 is 2.15 bits per heavy atom. The van der Waals surface area contributed by atoms with Gasteiger partial charge in [0.2, 0.25) is 5.91 Å². The van der Waals surface area contributed by atoms with Gasteiger partial charge in [0.05, 0.1) is 0 Å². The number of hydrogen-bond acceptors (Lipinski definition) is 4. The third-order valence-electron chi connectivity index (χ3n) is 4.68. The maximum atomic E-state index is 12.0. The van der Waals surface area contributed by atoms with E-state index in [4.69, 9.17) is 0 Å². The molecule has 0 spiro atoms. The Kier molecular flexibility index (Phi) is 7.01. The number of carbonyl (C=O) groups is 1. The highest BCUT2D eigenvalue weighted by Gasteiger charge is 2.15. The zero-order chi connectivity index (χ0) is 18.9. The van der Waals surface area contributed by atoms with Crippen LogP contribution in [0.2, 0.25) is 0 Å². The van der Waals surface area contributed by atoms with Crippen molar-refractivity contribution in [1.29, 1.82) is 0 Å². The minimum absolute atomic E-state index is 0.298. The Morgan fingerprint density at radius 3 is 3.04 bits per heavy atom. The topological polar surface area (TPSA) is 86.9 Å². The number of aliphatic imine (C=N–C) groups is 1. The number of guanidine groups is 1. The van der Waals surface area contributed by atoms with E-state index in [-0.39, 0.29) is 0 Å². The Bertz CT molecular complexity index is 770. The Hall–Kier alpha value is -2.64. The zero-order valence-corrected chi connectivity index (χ0v) is 16.0. The summed E-state index contributed by atoms with van der Waals surface area (Å²) < 4.78 is 1.94. The van der Waals surface area contributed by atoms with E-state index in [0.717, 1.165) is 69.3 Å². The fraction of sp³-hybridized carbons (Fsp3) is 0.579. The first-order valence-corrected chi connectivity index (χ1v) is 9.86. The van der Waals surface area contributed by atoms with Crippen LogP contribution in [0.4, 0.5) is 0 Å². The molecule has 2 aromatic heterocycles. The quantitative estimate of drug-likeness (QED) is 0.438. The number of aromatic nitrogens is 3. The molecule has 1 aliphatic rings. The number of rotatable bonds is 7. The number of carbonyl (C=O) groups excluding carboxylic acids is 1. The van der Waals surface area contributed by atoms with Crippen molar-refractivity contribution < 1.29 is 4.79 Å². The summed E-state index contributed by atoms with van der Waals surface area (Å²) in [4.78, 5) is 18.7. The van der Waals surface area contributed by atoms with Crippen molar-refractivity contribution in [3.8, 4) is 0 Å². The Morgan fingerprint density at radius 1 is 1.22 bits per heavy atom. The molecule has 2 N–H and O–H groups in total. The second kappa shape index (κ2) is 9.89. The second-order valence-electron chi connectivity index (χ2n) is 6.71. The maximum absolute atomic E-state index is 12.0. The highest BCUT2D eigenvalue weighted by molar-refractivity contribution is 5.79. The fourth-order valence-corrected chi connectivity index (χ4v) is 3.24. The van der Waals surface area contributed by atoms with Gasteiger partial charge in [-0.05, 0) is 38.3 Å². The molecule has 8 heteroatoms. The van der Waals surface area contributed by atoms with E-state index >= 15 is 0 Å². The van der Waals surface area contributed by atoms with E-state index in [1.165, 1.54) is 0 Å². The monoisotopic (exact) mass is 371 g/mol. The van der Waals surface area contributed by atoms with Crippen LogP contribution < -0.4 is 10.6 Å². The smallest absolute Gasteiger partial charge is 0.222 e. The van der Waals surface area contributed by atoms with E-state index in [0.29, 0.717) is 18.9 Å². The molecule has 0 aliphatic carbocycles. The molecular weight excluding hydrogens is 342 g/mol. The zero-order valence-electron chi connectivity index (χ0n) is 16.0. The van der Waals surface area contributed by atoms with Crippen LogP contribution in [0.1, 0.15) is 44.9 Å². The van der Waals surface area contributed by atoms with E-state index < -0.39 is 0 Å². The van der Waals surface area contributed by atoms with Crippen LogP contribution in [-0.4, -0.2) is 57.5 Å². The lowest BCUT2D eigenvalue weighted by Crippen LogP contribution is -2.39. The van der Waals surface area contributed by atoms with Gasteiger partial charge in [0.15, 0.2) is 17.4 Å². The van der Waals surface area contributed by atoms with Crippen LogP contribution in [0, 0.1) is 0 Å². The lowest BCUT2D eigenvalue weighted by atomic mass is 10.2. The minimum Gasteiger partial charge on any atom is -0.357 e. The lowest BCUT2D eigenvalue weighted by molar-refractivity contribution is -0.130. The van der Waals surface area contributed by atoms with Crippen molar-refractivity contribution in [2.75, 3.05) is 26.2 Å². The Labute approximate surface area is 160 Å². The van der Waals surface area contributed by atoms with Crippen LogP contribution in [-0.2, 0) is 11.3 Å². The minimum atomic E-state index is 0.298. The molecule has 3 rings (SSSR count). The van der Waals surface area contributed by atoms with Gasteiger partial charge in [0.1, 0.15) is 6.54 Å². The standard InChI is InChI=1S/C19H29N7O/c1-2-20-19(21-11-8-13-25-12-6-3-4-10-18(25)27)22-15-17-24-23-16-9-5-7-14-26(16)17/h5,7,9,14H,2-4,6,8,10-13,15H2,1H3,(H2,20,21,22). The van der Waals surface area contributed by atoms with Crippen LogP contribution >= 0.6 is 0 Å². The average Bonchev–Trinajstić information content (AvgIpc) is 2.99. The number of hydrogen-bond donors (Lipinski definition) is 2. The van der Waals surface area contributed by atoms with Crippen molar-refractivity contribution in [3.63, 3.8) is 0 Å². The van der Waals surface area contributed by atoms with Crippen molar-refractivity contribution in [3.05, 3.63) is 30.2 Å². The molecule has 8 nitrogen and oxygen atoms in total. The van der Waals surface area contributed by atoms with Crippen molar-refractivity contribution >= 4 is 17.5 Å². The molecule has 2 aromatic rings. The molecule has 146 valence electrons. The number of likely N-dealkylation sites (tertiary alicyclic amines) is 1. The molecule has 1 aliphatic heterocycles. The van der Waals surface area contributed by atoms with Gasteiger partial charge >= 0.3 is 0 Å². The van der Waals surface area contributed by atoms with Gasteiger partial charge in [-0.2, -0.15) is 0 Å². The molecule has 0 saturated carbocycles. The first kappa shape index (κ1) is 19.1. The van der Waals surface area contributed by atoms with Gasteiger partial charge in [-0.25, -0.2) is 4.99 Å².